The second-order valence-corrected chi connectivity index (χ2v) is 8.66. The molecule has 1 heterocycles. The number of benzene rings is 3. The molecule has 0 aromatic heterocycles. The van der Waals surface area contributed by atoms with Crippen LogP contribution in [0.4, 0.5) is 17.1 Å². The molecule has 0 unspecified atom stereocenters. The number of hydrogen-bond acceptors (Lipinski definition) is 5. The summed E-state index contributed by atoms with van der Waals surface area (Å²) in [6.07, 6.45) is 1.02. The first-order chi connectivity index (χ1) is 16.1. The predicted octanol–water partition coefficient (Wildman–Crippen LogP) is 5.64. The fourth-order valence-corrected chi connectivity index (χ4v) is 4.40. The number of amidine groups is 1. The van der Waals surface area contributed by atoms with Crippen LogP contribution in [0.3, 0.4) is 0 Å². The second-order valence-electron chi connectivity index (χ2n) is 7.46. The Hall–Kier alpha value is -3.58. The zero-order valence-corrected chi connectivity index (χ0v) is 19.1. The maximum Gasteiger partial charge on any atom is 0.247 e. The third-order valence-corrected chi connectivity index (χ3v) is 6.01. The van der Waals surface area contributed by atoms with Crippen molar-refractivity contribution < 1.29 is 14.3 Å². The molecule has 7 heteroatoms. The largest absolute Gasteiger partial charge is 0.494 e. The van der Waals surface area contributed by atoms with Gasteiger partial charge in [0, 0.05) is 12.1 Å². The minimum atomic E-state index is -0.563. The summed E-state index contributed by atoms with van der Waals surface area (Å²) in [6, 6.07) is 26.2. The van der Waals surface area contributed by atoms with Crippen LogP contribution in [-0.4, -0.2) is 28.8 Å². The monoisotopic (exact) mass is 459 g/mol. The van der Waals surface area contributed by atoms with E-state index >= 15 is 0 Å². The summed E-state index contributed by atoms with van der Waals surface area (Å²) in [6.45, 7) is 2.66. The first kappa shape index (κ1) is 22.6. The second kappa shape index (κ2) is 10.8. The highest BCUT2D eigenvalue weighted by Gasteiger charge is 2.40. The minimum absolute atomic E-state index is 0.113. The molecule has 3 aromatic carbocycles. The van der Waals surface area contributed by atoms with Crippen LogP contribution < -0.4 is 15.0 Å². The highest BCUT2D eigenvalue weighted by Crippen LogP contribution is 2.32. The number of carbonyl (C=O) groups excluding carboxylic acids is 2. The number of nitrogens with zero attached hydrogens (tertiary/aromatic N) is 2. The number of nitrogens with one attached hydrogen (secondary N) is 1. The molecule has 1 saturated heterocycles. The van der Waals surface area contributed by atoms with E-state index in [4.69, 9.17) is 4.74 Å². The van der Waals surface area contributed by atoms with Crippen LogP contribution in [-0.2, 0) is 9.59 Å². The fourth-order valence-electron chi connectivity index (χ4n) is 3.36. The van der Waals surface area contributed by atoms with Crippen molar-refractivity contribution in [2.45, 2.75) is 25.0 Å². The Morgan fingerprint density at radius 1 is 1.00 bits per heavy atom. The highest BCUT2D eigenvalue weighted by molar-refractivity contribution is 8.15. The third-order valence-electron chi connectivity index (χ3n) is 4.94. The number of carbonyl (C=O) groups is 2. The molecule has 1 aliphatic rings. The van der Waals surface area contributed by atoms with Gasteiger partial charge in [-0.25, -0.2) is 9.89 Å². The molecule has 0 bridgehead atoms. The van der Waals surface area contributed by atoms with Crippen molar-refractivity contribution in [2.75, 3.05) is 16.8 Å². The van der Waals surface area contributed by atoms with E-state index < -0.39 is 5.25 Å². The maximum absolute atomic E-state index is 13.2. The van der Waals surface area contributed by atoms with E-state index in [1.54, 1.807) is 24.3 Å². The number of imide groups is 1. The number of thioether (sulfide) groups is 1. The lowest BCUT2D eigenvalue weighted by Crippen LogP contribution is -2.31. The van der Waals surface area contributed by atoms with Gasteiger partial charge < -0.3 is 10.1 Å². The molecule has 1 atom stereocenters. The van der Waals surface area contributed by atoms with E-state index in [2.05, 4.69) is 10.3 Å². The smallest absolute Gasteiger partial charge is 0.247 e. The SMILES string of the molecule is CCCOc1ccc(N2C(=O)C[C@H](SC(=Nc3ccccc3)Nc3ccccc3)C2=O)cc1. The molecular weight excluding hydrogens is 434 g/mol. The Labute approximate surface area is 197 Å². The van der Waals surface area contributed by atoms with Crippen molar-refractivity contribution in [2.24, 2.45) is 4.99 Å². The van der Waals surface area contributed by atoms with Crippen molar-refractivity contribution in [1.82, 2.24) is 0 Å². The van der Waals surface area contributed by atoms with Crippen LogP contribution in [0, 0.1) is 0 Å². The van der Waals surface area contributed by atoms with E-state index in [9.17, 15) is 9.59 Å². The Balaban J connectivity index is 1.52. The number of amides is 2. The topological polar surface area (TPSA) is 71.0 Å². The standard InChI is InChI=1S/C26H25N3O3S/c1-2-17-32-22-15-13-21(14-16-22)29-24(30)18-23(25(29)31)33-26(27-19-9-5-3-6-10-19)28-20-11-7-4-8-12-20/h3-16,23H,2,17-18H2,1H3,(H,27,28)/t23-/m0/s1. The van der Waals surface area contributed by atoms with Crippen LogP contribution in [0.25, 0.3) is 0 Å². The number of ether oxygens (including phenoxy) is 1. The highest BCUT2D eigenvalue weighted by atomic mass is 32.2. The Morgan fingerprint density at radius 3 is 2.33 bits per heavy atom. The van der Waals surface area contributed by atoms with Crippen LogP contribution in [0.15, 0.2) is 89.9 Å². The fraction of sp³-hybridized carbons (Fsp3) is 0.192. The lowest BCUT2D eigenvalue weighted by Gasteiger charge is -2.16. The molecule has 1 aliphatic heterocycles. The number of aliphatic imine (C=N–C) groups is 1. The first-order valence-electron chi connectivity index (χ1n) is 10.9. The van der Waals surface area contributed by atoms with E-state index in [0.29, 0.717) is 17.5 Å². The molecule has 0 saturated carbocycles. The molecule has 6 nitrogen and oxygen atoms in total. The molecule has 33 heavy (non-hydrogen) atoms. The van der Waals surface area contributed by atoms with Crippen LogP contribution in [0.5, 0.6) is 5.75 Å². The van der Waals surface area contributed by atoms with E-state index in [1.165, 1.54) is 16.7 Å². The van der Waals surface area contributed by atoms with Gasteiger partial charge >= 0.3 is 0 Å². The molecule has 3 aromatic rings. The van der Waals surface area contributed by atoms with Crippen molar-refractivity contribution >= 4 is 45.8 Å². The zero-order chi connectivity index (χ0) is 23.0. The van der Waals surface area contributed by atoms with Crippen LogP contribution in [0.2, 0.25) is 0 Å². The molecule has 168 valence electrons. The van der Waals surface area contributed by atoms with E-state index in [0.717, 1.165) is 23.5 Å². The molecule has 1 fully saturated rings. The number of hydrogen-bond donors (Lipinski definition) is 1. The number of rotatable bonds is 7. The van der Waals surface area contributed by atoms with Crippen LogP contribution >= 0.6 is 11.8 Å². The van der Waals surface area contributed by atoms with Gasteiger partial charge in [0.2, 0.25) is 11.8 Å². The van der Waals surface area contributed by atoms with Gasteiger partial charge in [0.25, 0.3) is 0 Å². The van der Waals surface area contributed by atoms with Crippen molar-refractivity contribution in [3.05, 3.63) is 84.9 Å². The lowest BCUT2D eigenvalue weighted by atomic mass is 10.3. The Bertz CT molecular complexity index is 1120. The average Bonchev–Trinajstić information content (AvgIpc) is 3.12. The number of anilines is 2. The molecule has 0 spiro atoms. The van der Waals surface area contributed by atoms with Crippen molar-refractivity contribution in [1.29, 1.82) is 0 Å². The van der Waals surface area contributed by atoms with Gasteiger partial charge in [-0.1, -0.05) is 55.1 Å². The Morgan fingerprint density at radius 2 is 1.67 bits per heavy atom. The summed E-state index contributed by atoms with van der Waals surface area (Å²) in [5.74, 6) is 0.247. The molecule has 4 rings (SSSR count). The van der Waals surface area contributed by atoms with Gasteiger partial charge in [0.05, 0.1) is 18.0 Å². The van der Waals surface area contributed by atoms with Gasteiger partial charge in [0.15, 0.2) is 5.17 Å². The van der Waals surface area contributed by atoms with E-state index in [-0.39, 0.29) is 18.2 Å². The van der Waals surface area contributed by atoms with E-state index in [1.807, 2.05) is 67.6 Å². The summed E-state index contributed by atoms with van der Waals surface area (Å²) >= 11 is 1.27. The summed E-state index contributed by atoms with van der Waals surface area (Å²) in [4.78, 5) is 31.9. The average molecular weight is 460 g/mol. The van der Waals surface area contributed by atoms with Crippen molar-refractivity contribution in [3.8, 4) is 5.75 Å². The molecule has 0 aliphatic carbocycles. The van der Waals surface area contributed by atoms with Crippen molar-refractivity contribution in [3.63, 3.8) is 0 Å². The van der Waals surface area contributed by atoms with Gasteiger partial charge in [-0.3, -0.25) is 9.59 Å². The summed E-state index contributed by atoms with van der Waals surface area (Å²) in [5.41, 5.74) is 2.17. The quantitative estimate of drug-likeness (QED) is 0.281. The lowest BCUT2D eigenvalue weighted by molar-refractivity contribution is -0.121. The van der Waals surface area contributed by atoms with Gasteiger partial charge in [-0.15, -0.1) is 0 Å². The predicted molar refractivity (Wildman–Crippen MR) is 134 cm³/mol. The van der Waals surface area contributed by atoms with Gasteiger partial charge in [-0.2, -0.15) is 0 Å². The molecular formula is C26H25N3O3S. The summed E-state index contributed by atoms with van der Waals surface area (Å²) in [5, 5.41) is 3.28. The van der Waals surface area contributed by atoms with Gasteiger partial charge in [0.1, 0.15) is 11.0 Å². The zero-order valence-electron chi connectivity index (χ0n) is 18.3. The first-order valence-corrected chi connectivity index (χ1v) is 11.7. The Kier molecular flexibility index (Phi) is 7.42. The summed E-state index contributed by atoms with van der Waals surface area (Å²) in [7, 11) is 0. The third kappa shape index (κ3) is 5.81. The molecule has 1 N–H and O–H groups in total. The molecule has 0 radical (unpaired) electrons. The minimum Gasteiger partial charge on any atom is -0.494 e. The molecule has 2 amide bonds. The maximum atomic E-state index is 13.2. The van der Waals surface area contributed by atoms with Crippen LogP contribution in [0.1, 0.15) is 19.8 Å². The summed E-state index contributed by atoms with van der Waals surface area (Å²) < 4.78 is 5.60. The normalized spacial score (nSPS) is 16.2. The number of para-hydroxylation sites is 2. The van der Waals surface area contributed by atoms with Gasteiger partial charge in [-0.05, 0) is 55.0 Å².